The predicted octanol–water partition coefficient (Wildman–Crippen LogP) is 3.59. The third-order valence-corrected chi connectivity index (χ3v) is 7.44. The van der Waals surface area contributed by atoms with Gasteiger partial charge in [-0.25, -0.2) is 9.37 Å². The molecule has 2 N–H and O–H groups in total. The van der Waals surface area contributed by atoms with Crippen LogP contribution in [0.25, 0.3) is 22.3 Å². The van der Waals surface area contributed by atoms with Crippen LogP contribution in [-0.2, 0) is 54.6 Å². The van der Waals surface area contributed by atoms with Gasteiger partial charge < -0.3 is 29.3 Å². The number of aryl methyl sites for hydroxylation is 2. The lowest BCUT2D eigenvalue weighted by Crippen LogP contribution is -2.29. The second kappa shape index (κ2) is 15.4. The number of ether oxygens (including phenoxy) is 2. The molecule has 1 aliphatic carbocycles. The van der Waals surface area contributed by atoms with E-state index in [9.17, 15) is 28.4 Å². The molecule has 2 aliphatic rings. The summed E-state index contributed by atoms with van der Waals surface area (Å²) in [5, 5.41) is 11.6. The van der Waals surface area contributed by atoms with E-state index in [1.54, 1.807) is 24.6 Å². The van der Waals surface area contributed by atoms with Gasteiger partial charge in [0.05, 0.1) is 48.6 Å². The van der Waals surface area contributed by atoms with Gasteiger partial charge in [-0.15, -0.1) is 0 Å². The van der Waals surface area contributed by atoms with E-state index in [4.69, 9.17) is 19.6 Å². The molecule has 3 aromatic rings. The number of aliphatic carboxylic acids is 1. The summed E-state index contributed by atoms with van der Waals surface area (Å²) in [5.74, 6) is -1.84. The number of aldehydes is 2. The van der Waals surface area contributed by atoms with Crippen LogP contribution in [0, 0.1) is 12.7 Å². The monoisotopic (exact) mass is 611 g/mol. The highest BCUT2D eigenvalue weighted by Crippen LogP contribution is 2.41. The molecule has 12 heteroatoms. The number of likely N-dealkylation sites (N-methyl/N-ethyl adjacent to an activating group) is 1. The third-order valence-electron chi connectivity index (χ3n) is 7.44. The summed E-state index contributed by atoms with van der Waals surface area (Å²) in [4.78, 5) is 61.5. The smallest absolute Gasteiger partial charge is 0.320 e. The van der Waals surface area contributed by atoms with Gasteiger partial charge in [-0.05, 0) is 56.0 Å². The maximum absolute atomic E-state index is 14.7. The number of hydrogen-bond acceptors (Lipinski definition) is 9. The number of carbonyl (C=O) groups is 4. The first-order valence-corrected chi connectivity index (χ1v) is 14.5. The van der Waals surface area contributed by atoms with E-state index in [0.717, 1.165) is 41.3 Å². The van der Waals surface area contributed by atoms with E-state index in [-0.39, 0.29) is 48.5 Å². The fourth-order valence-electron chi connectivity index (χ4n) is 5.54. The molecule has 11 nitrogen and oxygen atoms in total. The van der Waals surface area contributed by atoms with Gasteiger partial charge in [0.1, 0.15) is 12.1 Å². The number of benzene rings is 1. The van der Waals surface area contributed by atoms with Crippen LogP contribution in [0.4, 0.5) is 4.39 Å². The maximum atomic E-state index is 14.7. The average molecular weight is 612 g/mol. The number of nitrogens with one attached hydrogen (secondary N) is 1. The molecule has 2 aromatic heterocycles. The van der Waals surface area contributed by atoms with E-state index < -0.39 is 18.0 Å². The summed E-state index contributed by atoms with van der Waals surface area (Å²) in [6.07, 6.45) is 2.39. The number of nitrogens with zero attached hydrogens (tertiary/aromatic N) is 2. The molecule has 0 radical (unpaired) electrons. The number of methoxy groups -OCH3 is 1. The Labute approximate surface area is 254 Å². The first-order valence-electron chi connectivity index (χ1n) is 14.5. The number of carboxylic acid groups (broad SMARTS) is 1. The predicted molar refractivity (Wildman–Crippen MR) is 161 cm³/mol. The number of hydrogen-bond donors (Lipinski definition) is 2. The molecule has 236 valence electrons. The minimum Gasteiger partial charge on any atom is -0.481 e. The van der Waals surface area contributed by atoms with Crippen molar-refractivity contribution in [1.82, 2.24) is 14.9 Å². The van der Waals surface area contributed by atoms with Crippen molar-refractivity contribution in [2.75, 3.05) is 20.7 Å². The molecule has 1 aromatic carbocycles. The Kier molecular flexibility index (Phi) is 12.0. The van der Waals surface area contributed by atoms with Gasteiger partial charge in [0.25, 0.3) is 5.56 Å². The second-order valence-electron chi connectivity index (χ2n) is 10.1. The minimum absolute atomic E-state index is 0.0461. The maximum Gasteiger partial charge on any atom is 0.320 e. The Bertz CT molecular complexity index is 1630. The molecule has 0 fully saturated rings. The SMILES string of the molecule is CC.CNCC(=O)O[C@H](C=O)c1cc2n(c(=O)c1COC)Cc1c-2nc2cc(F)c(C)c3c2c1CCC3.O=CCCC(=O)O. The van der Waals surface area contributed by atoms with Gasteiger partial charge in [0.15, 0.2) is 12.4 Å². The molecule has 1 atom stereocenters. The molecule has 5 rings (SSSR count). The van der Waals surface area contributed by atoms with Crippen LogP contribution in [0.15, 0.2) is 16.9 Å². The summed E-state index contributed by atoms with van der Waals surface area (Å²) >= 11 is 0. The summed E-state index contributed by atoms with van der Waals surface area (Å²) in [6.45, 7) is 6.00. The topological polar surface area (TPSA) is 154 Å². The fraction of sp³-hybridized carbons (Fsp3) is 0.438. The Balaban J connectivity index is 0.000000520. The normalized spacial score (nSPS) is 13.0. The standard InChI is InChI=1S/C26H26FN3O5.C4H6O3.C2H6/c1-13-14-5-4-6-15-17-10-30-21(25(17)29-20(24(14)15)8-19(13)27)7-16(18(12-34-3)26(30)33)22(11-31)35-23(32)9-28-2;5-3-1-2-4(6)7;1-2/h7-8,11,22,28H,4-6,9-10,12H2,1-3H3;3H,1-2H2,(H,6,7);1-2H3/t22-;;/m1../s1. The molecule has 0 spiro atoms. The Hall–Kier alpha value is -4.29. The quantitative estimate of drug-likeness (QED) is 0.201. The molecular weight excluding hydrogens is 573 g/mol. The van der Waals surface area contributed by atoms with Crippen molar-refractivity contribution < 1.29 is 38.1 Å². The number of carboxylic acids is 1. The molecule has 0 saturated heterocycles. The molecule has 0 unspecified atom stereocenters. The Morgan fingerprint density at radius 1 is 1.18 bits per heavy atom. The summed E-state index contributed by atoms with van der Waals surface area (Å²) in [7, 11) is 3.04. The molecule has 44 heavy (non-hydrogen) atoms. The van der Waals surface area contributed by atoms with Crippen LogP contribution in [0.5, 0.6) is 0 Å². The zero-order valence-corrected chi connectivity index (χ0v) is 25.6. The Morgan fingerprint density at radius 2 is 1.89 bits per heavy atom. The number of pyridine rings is 2. The van der Waals surface area contributed by atoms with E-state index in [1.807, 2.05) is 13.8 Å². The van der Waals surface area contributed by atoms with Gasteiger partial charge in [-0.1, -0.05) is 13.8 Å². The minimum atomic E-state index is -1.27. The number of rotatable bonds is 10. The fourth-order valence-corrected chi connectivity index (χ4v) is 5.54. The van der Waals surface area contributed by atoms with E-state index in [0.29, 0.717) is 41.6 Å². The van der Waals surface area contributed by atoms with Crippen LogP contribution in [0.2, 0.25) is 0 Å². The van der Waals surface area contributed by atoms with Crippen LogP contribution in [-0.4, -0.2) is 59.9 Å². The van der Waals surface area contributed by atoms with Crippen molar-refractivity contribution in [3.8, 4) is 11.4 Å². The van der Waals surface area contributed by atoms with E-state index in [1.165, 1.54) is 13.2 Å². The number of carbonyl (C=O) groups excluding carboxylic acids is 3. The zero-order valence-electron chi connectivity index (χ0n) is 25.6. The van der Waals surface area contributed by atoms with Crippen molar-refractivity contribution in [3.05, 3.63) is 61.7 Å². The average Bonchev–Trinajstić information content (AvgIpc) is 3.39. The number of esters is 1. The van der Waals surface area contributed by atoms with Crippen molar-refractivity contribution >= 4 is 35.4 Å². The van der Waals surface area contributed by atoms with Crippen LogP contribution in [0.3, 0.4) is 0 Å². The molecular formula is C32H38FN3O8. The summed E-state index contributed by atoms with van der Waals surface area (Å²) in [6, 6.07) is 3.13. The Morgan fingerprint density at radius 3 is 2.48 bits per heavy atom. The highest BCUT2D eigenvalue weighted by atomic mass is 19.1. The molecule has 1 aliphatic heterocycles. The van der Waals surface area contributed by atoms with Gasteiger partial charge in [-0.2, -0.15) is 0 Å². The largest absolute Gasteiger partial charge is 0.481 e. The summed E-state index contributed by atoms with van der Waals surface area (Å²) in [5.41, 5.74) is 5.53. The highest BCUT2D eigenvalue weighted by Gasteiger charge is 2.32. The van der Waals surface area contributed by atoms with Gasteiger partial charge in [0.2, 0.25) is 0 Å². The zero-order chi connectivity index (χ0) is 32.6. The lowest BCUT2D eigenvalue weighted by atomic mass is 9.85. The van der Waals surface area contributed by atoms with Crippen molar-refractivity contribution in [2.45, 2.75) is 72.1 Å². The van der Waals surface area contributed by atoms with Gasteiger partial charge >= 0.3 is 11.9 Å². The highest BCUT2D eigenvalue weighted by molar-refractivity contribution is 5.92. The number of aromatic nitrogens is 2. The molecule has 3 heterocycles. The van der Waals surface area contributed by atoms with Crippen molar-refractivity contribution in [2.24, 2.45) is 0 Å². The first kappa shape index (κ1) is 34.2. The first-order chi connectivity index (χ1) is 21.2. The van der Waals surface area contributed by atoms with E-state index >= 15 is 0 Å². The lowest BCUT2D eigenvalue weighted by Gasteiger charge is -2.22. The van der Waals surface area contributed by atoms with Gasteiger partial charge in [-0.3, -0.25) is 19.2 Å². The summed E-state index contributed by atoms with van der Waals surface area (Å²) < 4.78 is 26.9. The van der Waals surface area contributed by atoms with Crippen molar-refractivity contribution in [3.63, 3.8) is 0 Å². The lowest BCUT2D eigenvalue weighted by molar-refractivity contribution is -0.151. The van der Waals surface area contributed by atoms with E-state index in [2.05, 4.69) is 5.32 Å². The van der Waals surface area contributed by atoms with Crippen molar-refractivity contribution in [1.29, 1.82) is 0 Å². The molecule has 0 saturated carbocycles. The number of fused-ring (bicyclic) bond motifs is 4. The number of halogens is 1. The molecule has 0 amide bonds. The third kappa shape index (κ3) is 6.92. The molecule has 0 bridgehead atoms. The van der Waals surface area contributed by atoms with Gasteiger partial charge in [0, 0.05) is 36.1 Å². The van der Waals surface area contributed by atoms with Crippen LogP contribution in [0.1, 0.15) is 72.6 Å². The van der Waals surface area contributed by atoms with Crippen LogP contribution >= 0.6 is 0 Å². The van der Waals surface area contributed by atoms with Crippen LogP contribution < -0.4 is 10.9 Å². The second-order valence-corrected chi connectivity index (χ2v) is 10.1.